The van der Waals surface area contributed by atoms with Gasteiger partial charge in [-0.3, -0.25) is 4.98 Å². The van der Waals surface area contributed by atoms with Crippen molar-refractivity contribution in [2.45, 2.75) is 51.1 Å². The standard InChI is InChI=1S/C15H25N3O/c1-2-14(16)15-8-7-13(11-17-15)18(9-4-10-19)12-5-3-6-12/h7-8,11-12,14,19H,2-6,9-10,16H2,1H3. The molecule has 4 heteroatoms. The number of hydrogen-bond acceptors (Lipinski definition) is 4. The van der Waals surface area contributed by atoms with E-state index in [1.807, 2.05) is 12.3 Å². The average Bonchev–Trinajstić information content (AvgIpc) is 2.40. The van der Waals surface area contributed by atoms with Gasteiger partial charge in [0.1, 0.15) is 0 Å². The smallest absolute Gasteiger partial charge is 0.0572 e. The van der Waals surface area contributed by atoms with Gasteiger partial charge in [0.2, 0.25) is 0 Å². The number of nitrogens with zero attached hydrogens (tertiary/aromatic N) is 2. The van der Waals surface area contributed by atoms with Crippen molar-refractivity contribution in [3.63, 3.8) is 0 Å². The molecule has 0 aliphatic heterocycles. The van der Waals surface area contributed by atoms with Crippen molar-refractivity contribution in [1.82, 2.24) is 4.98 Å². The first-order valence-electron chi connectivity index (χ1n) is 7.35. The zero-order valence-electron chi connectivity index (χ0n) is 11.8. The minimum atomic E-state index is 0.0312. The first-order chi connectivity index (χ1) is 9.26. The third-order valence-corrected chi connectivity index (χ3v) is 3.99. The highest BCUT2D eigenvalue weighted by Gasteiger charge is 2.25. The molecule has 0 radical (unpaired) electrons. The minimum Gasteiger partial charge on any atom is -0.396 e. The van der Waals surface area contributed by atoms with Crippen molar-refractivity contribution < 1.29 is 5.11 Å². The zero-order chi connectivity index (χ0) is 13.7. The van der Waals surface area contributed by atoms with Gasteiger partial charge in [-0.1, -0.05) is 6.92 Å². The second kappa shape index (κ2) is 6.87. The molecule has 1 aliphatic carbocycles. The molecule has 106 valence electrons. The molecule has 3 N–H and O–H groups in total. The van der Waals surface area contributed by atoms with E-state index in [0.29, 0.717) is 6.04 Å². The maximum atomic E-state index is 9.02. The van der Waals surface area contributed by atoms with Crippen LogP contribution >= 0.6 is 0 Å². The Bertz CT molecular complexity index is 375. The van der Waals surface area contributed by atoms with Crippen LogP contribution in [0, 0.1) is 0 Å². The maximum Gasteiger partial charge on any atom is 0.0572 e. The van der Waals surface area contributed by atoms with Crippen molar-refractivity contribution in [1.29, 1.82) is 0 Å². The van der Waals surface area contributed by atoms with Gasteiger partial charge in [-0.15, -0.1) is 0 Å². The van der Waals surface area contributed by atoms with Gasteiger partial charge in [0.05, 0.1) is 17.6 Å². The van der Waals surface area contributed by atoms with Crippen LogP contribution in [0.4, 0.5) is 5.69 Å². The van der Waals surface area contributed by atoms with Crippen LogP contribution < -0.4 is 10.6 Å². The van der Waals surface area contributed by atoms with Crippen LogP contribution in [0.1, 0.15) is 50.8 Å². The zero-order valence-corrected chi connectivity index (χ0v) is 11.8. The second-order valence-electron chi connectivity index (χ2n) is 5.31. The Morgan fingerprint density at radius 1 is 1.47 bits per heavy atom. The summed E-state index contributed by atoms with van der Waals surface area (Å²) in [5, 5.41) is 9.02. The fourth-order valence-electron chi connectivity index (χ4n) is 2.46. The molecule has 1 heterocycles. The molecule has 1 aromatic heterocycles. The van der Waals surface area contributed by atoms with Crippen molar-refractivity contribution in [2.24, 2.45) is 5.73 Å². The van der Waals surface area contributed by atoms with Crippen molar-refractivity contribution in [2.75, 3.05) is 18.1 Å². The molecular formula is C15H25N3O. The number of nitrogens with two attached hydrogens (primary N) is 1. The van der Waals surface area contributed by atoms with E-state index in [2.05, 4.69) is 22.9 Å². The fraction of sp³-hybridized carbons (Fsp3) is 0.667. The molecular weight excluding hydrogens is 238 g/mol. The highest BCUT2D eigenvalue weighted by molar-refractivity contribution is 5.46. The van der Waals surface area contributed by atoms with Crippen LogP contribution in [-0.4, -0.2) is 29.3 Å². The summed E-state index contributed by atoms with van der Waals surface area (Å²) in [6.07, 6.45) is 7.46. The molecule has 0 amide bonds. The SMILES string of the molecule is CCC(N)c1ccc(N(CCCO)C2CCC2)cn1. The maximum absolute atomic E-state index is 9.02. The Hall–Kier alpha value is -1.13. The number of aliphatic hydroxyl groups is 1. The lowest BCUT2D eigenvalue weighted by molar-refractivity contribution is 0.283. The molecule has 1 unspecified atom stereocenters. The average molecular weight is 263 g/mol. The minimum absolute atomic E-state index is 0.0312. The van der Waals surface area contributed by atoms with E-state index in [9.17, 15) is 0 Å². The van der Waals surface area contributed by atoms with E-state index in [1.165, 1.54) is 19.3 Å². The van der Waals surface area contributed by atoms with Gasteiger partial charge in [0.25, 0.3) is 0 Å². The van der Waals surface area contributed by atoms with Gasteiger partial charge in [-0.25, -0.2) is 0 Å². The Labute approximate surface area is 115 Å². The van der Waals surface area contributed by atoms with E-state index in [4.69, 9.17) is 10.8 Å². The van der Waals surface area contributed by atoms with Gasteiger partial charge >= 0.3 is 0 Å². The summed E-state index contributed by atoms with van der Waals surface area (Å²) in [4.78, 5) is 6.87. The molecule has 0 bridgehead atoms. The Kier molecular flexibility index (Phi) is 5.16. The van der Waals surface area contributed by atoms with Gasteiger partial charge < -0.3 is 15.7 Å². The Morgan fingerprint density at radius 3 is 2.74 bits per heavy atom. The normalized spacial score (nSPS) is 17.0. The number of hydrogen-bond donors (Lipinski definition) is 2. The second-order valence-corrected chi connectivity index (χ2v) is 5.31. The first-order valence-corrected chi connectivity index (χ1v) is 7.35. The summed E-state index contributed by atoms with van der Waals surface area (Å²) < 4.78 is 0. The molecule has 0 saturated heterocycles. The third kappa shape index (κ3) is 3.45. The summed E-state index contributed by atoms with van der Waals surface area (Å²) in [6.45, 7) is 3.22. The topological polar surface area (TPSA) is 62.4 Å². The van der Waals surface area contributed by atoms with E-state index in [-0.39, 0.29) is 12.6 Å². The predicted molar refractivity (Wildman–Crippen MR) is 78.1 cm³/mol. The highest BCUT2D eigenvalue weighted by Crippen LogP contribution is 2.29. The monoisotopic (exact) mass is 263 g/mol. The van der Waals surface area contributed by atoms with Crippen molar-refractivity contribution in [3.8, 4) is 0 Å². The highest BCUT2D eigenvalue weighted by atomic mass is 16.3. The predicted octanol–water partition coefficient (Wildman–Crippen LogP) is 2.23. The van der Waals surface area contributed by atoms with E-state index >= 15 is 0 Å². The van der Waals surface area contributed by atoms with E-state index < -0.39 is 0 Å². The summed E-state index contributed by atoms with van der Waals surface area (Å²) in [5.41, 5.74) is 8.11. The van der Waals surface area contributed by atoms with Crippen LogP contribution in [0.25, 0.3) is 0 Å². The van der Waals surface area contributed by atoms with Gasteiger partial charge in [0, 0.05) is 25.2 Å². The summed E-state index contributed by atoms with van der Waals surface area (Å²) in [7, 11) is 0. The molecule has 2 rings (SSSR count). The molecule has 1 atom stereocenters. The lowest BCUT2D eigenvalue weighted by Crippen LogP contribution is -2.41. The number of aromatic nitrogens is 1. The van der Waals surface area contributed by atoms with Crippen LogP contribution in [0.15, 0.2) is 18.3 Å². The fourth-order valence-corrected chi connectivity index (χ4v) is 2.46. The van der Waals surface area contributed by atoms with E-state index in [0.717, 1.165) is 30.8 Å². The molecule has 0 aromatic carbocycles. The first kappa shape index (κ1) is 14.3. The molecule has 1 saturated carbocycles. The van der Waals surface area contributed by atoms with Crippen LogP contribution in [0.2, 0.25) is 0 Å². The molecule has 0 spiro atoms. The van der Waals surface area contributed by atoms with Crippen LogP contribution in [-0.2, 0) is 0 Å². The number of pyridine rings is 1. The van der Waals surface area contributed by atoms with Gasteiger partial charge in [-0.2, -0.15) is 0 Å². The molecule has 1 aliphatic rings. The van der Waals surface area contributed by atoms with Crippen molar-refractivity contribution >= 4 is 5.69 Å². The third-order valence-electron chi connectivity index (χ3n) is 3.99. The number of aliphatic hydroxyl groups excluding tert-OH is 1. The number of anilines is 1. The number of rotatable bonds is 7. The molecule has 1 fully saturated rings. The Morgan fingerprint density at radius 2 is 2.26 bits per heavy atom. The summed E-state index contributed by atoms with van der Waals surface area (Å²) in [5.74, 6) is 0. The van der Waals surface area contributed by atoms with Crippen molar-refractivity contribution in [3.05, 3.63) is 24.0 Å². The molecule has 1 aromatic rings. The molecule has 4 nitrogen and oxygen atoms in total. The van der Waals surface area contributed by atoms with Crippen LogP contribution in [0.3, 0.4) is 0 Å². The van der Waals surface area contributed by atoms with Gasteiger partial charge in [-0.05, 0) is 44.2 Å². The van der Waals surface area contributed by atoms with E-state index in [1.54, 1.807) is 0 Å². The Balaban J connectivity index is 2.07. The quantitative estimate of drug-likeness (QED) is 0.792. The lowest BCUT2D eigenvalue weighted by Gasteiger charge is -2.39. The van der Waals surface area contributed by atoms with Gasteiger partial charge in [0.15, 0.2) is 0 Å². The summed E-state index contributed by atoms with van der Waals surface area (Å²) >= 11 is 0. The largest absolute Gasteiger partial charge is 0.396 e. The summed E-state index contributed by atoms with van der Waals surface area (Å²) in [6, 6.07) is 4.81. The lowest BCUT2D eigenvalue weighted by atomic mass is 9.91. The molecule has 19 heavy (non-hydrogen) atoms. The van der Waals surface area contributed by atoms with Crippen LogP contribution in [0.5, 0.6) is 0 Å².